The number of nitrogens with zero attached hydrogens (tertiary/aromatic N) is 1. The van der Waals surface area contributed by atoms with Crippen LogP contribution >= 0.6 is 23.4 Å². The molecule has 3 aromatic rings. The van der Waals surface area contributed by atoms with Crippen molar-refractivity contribution in [2.24, 2.45) is 0 Å². The van der Waals surface area contributed by atoms with Crippen LogP contribution in [0.15, 0.2) is 72.8 Å². The van der Waals surface area contributed by atoms with E-state index in [1.165, 1.54) is 16.7 Å². The maximum absolute atomic E-state index is 13.7. The van der Waals surface area contributed by atoms with Crippen LogP contribution in [-0.4, -0.2) is 34.6 Å². The minimum absolute atomic E-state index is 0.0252. The number of aryl methyl sites for hydroxylation is 2. The van der Waals surface area contributed by atoms with Gasteiger partial charge in [-0.3, -0.25) is 9.59 Å². The van der Waals surface area contributed by atoms with E-state index >= 15 is 0 Å². The van der Waals surface area contributed by atoms with Gasteiger partial charge in [-0.15, -0.1) is 11.8 Å². The lowest BCUT2D eigenvalue weighted by Crippen LogP contribution is -2.52. The third kappa shape index (κ3) is 9.24. The van der Waals surface area contributed by atoms with E-state index in [4.69, 9.17) is 11.6 Å². The summed E-state index contributed by atoms with van der Waals surface area (Å²) in [4.78, 5) is 29.0. The number of thioether (sulfide) groups is 1. The molecular weight excluding hydrogens is 500 g/mol. The summed E-state index contributed by atoms with van der Waals surface area (Å²) in [6.07, 6.45) is 1.27. The number of hydrogen-bond acceptors (Lipinski definition) is 3. The molecule has 0 spiro atoms. The maximum Gasteiger partial charge on any atom is 0.243 e. The fraction of sp³-hybridized carbons (Fsp3) is 0.355. The number of hydrogen-bond donors (Lipinski definition) is 1. The molecule has 2 atom stereocenters. The number of carbonyl (C=O) groups is 2. The number of carbonyl (C=O) groups excluding carboxylic acids is 2. The predicted octanol–water partition coefficient (Wildman–Crippen LogP) is 6.74. The zero-order chi connectivity index (χ0) is 26.8. The van der Waals surface area contributed by atoms with Crippen LogP contribution < -0.4 is 5.32 Å². The molecule has 0 fully saturated rings. The van der Waals surface area contributed by atoms with Crippen LogP contribution in [0.5, 0.6) is 0 Å². The zero-order valence-electron chi connectivity index (χ0n) is 22.2. The van der Waals surface area contributed by atoms with Crippen molar-refractivity contribution in [2.45, 2.75) is 64.9 Å². The van der Waals surface area contributed by atoms with Gasteiger partial charge in [-0.2, -0.15) is 0 Å². The van der Waals surface area contributed by atoms with Crippen LogP contribution in [0.25, 0.3) is 0 Å². The SMILES string of the molecule is CC[C@@H](C)NC(=O)[C@H](Cc1ccccc1)N(Cc1ccc(Cl)cc1)C(=O)CSCc1cc(C)cc(C)c1. The average Bonchev–Trinajstić information content (AvgIpc) is 2.87. The van der Waals surface area contributed by atoms with E-state index in [1.807, 2.05) is 68.4 Å². The molecule has 0 aliphatic carbocycles. The van der Waals surface area contributed by atoms with Crippen molar-refractivity contribution in [2.75, 3.05) is 5.75 Å². The number of rotatable bonds is 12. The normalized spacial score (nSPS) is 12.6. The molecule has 0 heterocycles. The van der Waals surface area contributed by atoms with E-state index < -0.39 is 6.04 Å². The highest BCUT2D eigenvalue weighted by Crippen LogP contribution is 2.21. The molecule has 0 aliphatic heterocycles. The van der Waals surface area contributed by atoms with E-state index in [0.29, 0.717) is 23.7 Å². The lowest BCUT2D eigenvalue weighted by molar-refractivity contribution is -0.139. The van der Waals surface area contributed by atoms with Crippen molar-refractivity contribution in [1.29, 1.82) is 0 Å². The van der Waals surface area contributed by atoms with Crippen molar-refractivity contribution < 1.29 is 9.59 Å². The first-order chi connectivity index (χ1) is 17.7. The van der Waals surface area contributed by atoms with Gasteiger partial charge in [0.25, 0.3) is 0 Å². The van der Waals surface area contributed by atoms with E-state index in [9.17, 15) is 9.59 Å². The molecule has 0 saturated carbocycles. The Balaban J connectivity index is 1.85. The summed E-state index contributed by atoms with van der Waals surface area (Å²) < 4.78 is 0. The Morgan fingerprint density at radius 1 is 0.919 bits per heavy atom. The van der Waals surface area contributed by atoms with Gasteiger partial charge in [0.05, 0.1) is 5.75 Å². The summed E-state index contributed by atoms with van der Waals surface area (Å²) in [6, 6.07) is 23.2. The number of amides is 2. The molecule has 2 amide bonds. The van der Waals surface area contributed by atoms with Crippen molar-refractivity contribution in [3.05, 3.63) is 106 Å². The number of halogens is 1. The fourth-order valence-electron chi connectivity index (χ4n) is 4.27. The third-order valence-corrected chi connectivity index (χ3v) is 7.55. The number of nitrogens with one attached hydrogen (secondary N) is 1. The Labute approximate surface area is 230 Å². The Morgan fingerprint density at radius 3 is 2.19 bits per heavy atom. The molecule has 3 aromatic carbocycles. The first kappa shape index (κ1) is 28.8. The molecule has 3 rings (SSSR count). The molecule has 0 aliphatic rings. The largest absolute Gasteiger partial charge is 0.352 e. The minimum Gasteiger partial charge on any atom is -0.352 e. The van der Waals surface area contributed by atoms with Crippen molar-refractivity contribution in [3.8, 4) is 0 Å². The highest BCUT2D eigenvalue weighted by Gasteiger charge is 2.30. The highest BCUT2D eigenvalue weighted by molar-refractivity contribution is 7.99. The molecule has 37 heavy (non-hydrogen) atoms. The second-order valence-electron chi connectivity index (χ2n) is 9.66. The average molecular weight is 537 g/mol. The predicted molar refractivity (Wildman–Crippen MR) is 156 cm³/mol. The molecule has 196 valence electrons. The van der Waals surface area contributed by atoms with E-state index in [0.717, 1.165) is 23.3 Å². The molecule has 0 bridgehead atoms. The second kappa shape index (κ2) is 14.3. The van der Waals surface area contributed by atoms with Gasteiger partial charge in [-0.1, -0.05) is 90.3 Å². The first-order valence-electron chi connectivity index (χ1n) is 12.8. The minimum atomic E-state index is -0.624. The second-order valence-corrected chi connectivity index (χ2v) is 11.1. The molecule has 4 nitrogen and oxygen atoms in total. The molecule has 0 saturated heterocycles. The Bertz CT molecular complexity index is 1150. The standard InChI is InChI=1S/C31H37ClN2O2S/c1-5-24(4)33-31(36)29(18-25-9-7-6-8-10-25)34(19-26-11-13-28(32)14-12-26)30(35)21-37-20-27-16-22(2)15-23(3)17-27/h6-17,24,29H,5,18-21H2,1-4H3,(H,33,36)/t24-,29+/m1/s1. The number of benzene rings is 3. The summed E-state index contributed by atoms with van der Waals surface area (Å²) in [6.45, 7) is 8.54. The van der Waals surface area contributed by atoms with Gasteiger partial charge < -0.3 is 10.2 Å². The van der Waals surface area contributed by atoms with Crippen LogP contribution in [0.2, 0.25) is 5.02 Å². The van der Waals surface area contributed by atoms with E-state index in [-0.39, 0.29) is 17.9 Å². The summed E-state index contributed by atoms with van der Waals surface area (Å²) in [5, 5.41) is 3.75. The van der Waals surface area contributed by atoms with Crippen LogP contribution in [0.4, 0.5) is 0 Å². The van der Waals surface area contributed by atoms with Crippen molar-refractivity contribution in [3.63, 3.8) is 0 Å². The summed E-state index contributed by atoms with van der Waals surface area (Å²) in [5.74, 6) is 0.859. The highest BCUT2D eigenvalue weighted by atomic mass is 35.5. The maximum atomic E-state index is 13.7. The molecule has 6 heteroatoms. The molecule has 0 aromatic heterocycles. The van der Waals surface area contributed by atoms with Gasteiger partial charge in [-0.05, 0) is 56.0 Å². The first-order valence-corrected chi connectivity index (χ1v) is 14.3. The Kier molecular flexibility index (Phi) is 11.1. The van der Waals surface area contributed by atoms with E-state index in [1.54, 1.807) is 16.7 Å². The molecule has 1 N–H and O–H groups in total. The van der Waals surface area contributed by atoms with Gasteiger partial charge in [0.15, 0.2) is 0 Å². The Hall–Kier alpha value is -2.76. The van der Waals surface area contributed by atoms with Crippen molar-refractivity contribution in [1.82, 2.24) is 10.2 Å². The van der Waals surface area contributed by atoms with Crippen LogP contribution in [0.1, 0.15) is 48.1 Å². The summed E-state index contributed by atoms with van der Waals surface area (Å²) in [5.41, 5.74) is 5.59. The van der Waals surface area contributed by atoms with Crippen LogP contribution in [0.3, 0.4) is 0 Å². The topological polar surface area (TPSA) is 49.4 Å². The quantitative estimate of drug-likeness (QED) is 0.279. The van der Waals surface area contributed by atoms with Gasteiger partial charge >= 0.3 is 0 Å². The monoisotopic (exact) mass is 536 g/mol. The van der Waals surface area contributed by atoms with Crippen molar-refractivity contribution >= 4 is 35.2 Å². The van der Waals surface area contributed by atoms with E-state index in [2.05, 4.69) is 37.4 Å². The molecule has 0 unspecified atom stereocenters. The molecular formula is C31H37ClN2O2S. The van der Waals surface area contributed by atoms with Gasteiger partial charge in [0.1, 0.15) is 6.04 Å². The molecule has 0 radical (unpaired) electrons. The fourth-order valence-corrected chi connectivity index (χ4v) is 5.24. The lowest BCUT2D eigenvalue weighted by atomic mass is 10.0. The lowest BCUT2D eigenvalue weighted by Gasteiger charge is -2.32. The van der Waals surface area contributed by atoms with Gasteiger partial charge in [0.2, 0.25) is 11.8 Å². The van der Waals surface area contributed by atoms with Gasteiger partial charge in [-0.25, -0.2) is 0 Å². The van der Waals surface area contributed by atoms with Gasteiger partial charge in [0, 0.05) is 29.8 Å². The summed E-state index contributed by atoms with van der Waals surface area (Å²) in [7, 11) is 0. The van der Waals surface area contributed by atoms with Crippen LogP contribution in [0, 0.1) is 13.8 Å². The third-order valence-electron chi connectivity index (χ3n) is 6.31. The smallest absolute Gasteiger partial charge is 0.243 e. The van der Waals surface area contributed by atoms with Crippen LogP contribution in [-0.2, 0) is 28.3 Å². The zero-order valence-corrected chi connectivity index (χ0v) is 23.7. The summed E-state index contributed by atoms with van der Waals surface area (Å²) >= 11 is 7.69. The Morgan fingerprint density at radius 2 is 1.57 bits per heavy atom.